The van der Waals surface area contributed by atoms with Crippen molar-refractivity contribution in [3.63, 3.8) is 0 Å². The number of rotatable bonds is 6. The van der Waals surface area contributed by atoms with Crippen LogP contribution in [0, 0.1) is 0 Å². The van der Waals surface area contributed by atoms with E-state index < -0.39 is 0 Å². The summed E-state index contributed by atoms with van der Waals surface area (Å²) in [5.74, 6) is 0.190. The Morgan fingerprint density at radius 1 is 1.50 bits per heavy atom. The third kappa shape index (κ3) is 3.83. The molecular formula is C10H16BrN3OS. The summed E-state index contributed by atoms with van der Waals surface area (Å²) in [6, 6.07) is 0. The van der Waals surface area contributed by atoms with Crippen molar-refractivity contribution >= 4 is 33.4 Å². The van der Waals surface area contributed by atoms with Crippen LogP contribution < -0.4 is 5.32 Å². The molecule has 1 amide bonds. The van der Waals surface area contributed by atoms with Crippen LogP contribution in [0.3, 0.4) is 0 Å². The molecule has 0 saturated carbocycles. The summed E-state index contributed by atoms with van der Waals surface area (Å²) in [5, 5.41) is 7.84. The number of hydrogen-bond acceptors (Lipinski definition) is 4. The fourth-order valence-corrected chi connectivity index (χ4v) is 2.37. The topological polar surface area (TPSA) is 54.9 Å². The van der Waals surface area contributed by atoms with Crippen molar-refractivity contribution in [2.75, 3.05) is 11.9 Å². The molecule has 1 aromatic rings. The van der Waals surface area contributed by atoms with Crippen molar-refractivity contribution in [2.24, 2.45) is 0 Å². The molecule has 0 saturated heterocycles. The number of aromatic nitrogens is 2. The summed E-state index contributed by atoms with van der Waals surface area (Å²) >= 11 is 4.52. The average Bonchev–Trinajstić information content (AvgIpc) is 2.73. The van der Waals surface area contributed by atoms with E-state index in [2.05, 4.69) is 30.8 Å². The first-order valence-electron chi connectivity index (χ1n) is 5.33. The zero-order valence-electron chi connectivity index (χ0n) is 9.49. The number of alkyl halides is 1. The summed E-state index contributed by atoms with van der Waals surface area (Å²) in [4.78, 5) is 12.4. The second-order valence-electron chi connectivity index (χ2n) is 3.79. The quantitative estimate of drug-likeness (QED) is 0.649. The predicted molar refractivity (Wildman–Crippen MR) is 69.4 cm³/mol. The molecule has 90 valence electrons. The smallest absolute Gasteiger partial charge is 0.264 e. The van der Waals surface area contributed by atoms with Gasteiger partial charge in [-0.15, -0.1) is 5.10 Å². The van der Waals surface area contributed by atoms with Gasteiger partial charge in [0.15, 0.2) is 0 Å². The van der Waals surface area contributed by atoms with Crippen molar-refractivity contribution in [2.45, 2.75) is 32.6 Å². The first kappa shape index (κ1) is 13.6. The van der Waals surface area contributed by atoms with E-state index >= 15 is 0 Å². The van der Waals surface area contributed by atoms with E-state index in [1.165, 1.54) is 11.5 Å². The van der Waals surface area contributed by atoms with Gasteiger partial charge in [0.2, 0.25) is 0 Å². The molecule has 0 aliphatic rings. The Hall–Kier alpha value is -0.490. The highest BCUT2D eigenvalue weighted by Crippen LogP contribution is 2.19. The van der Waals surface area contributed by atoms with Gasteiger partial charge in [0, 0.05) is 11.9 Å². The van der Waals surface area contributed by atoms with Gasteiger partial charge in [0.1, 0.15) is 4.88 Å². The van der Waals surface area contributed by atoms with E-state index in [0.29, 0.717) is 11.4 Å². The summed E-state index contributed by atoms with van der Waals surface area (Å²) in [7, 11) is 0. The monoisotopic (exact) mass is 305 g/mol. The van der Waals surface area contributed by atoms with Crippen LogP contribution >= 0.6 is 27.5 Å². The highest BCUT2D eigenvalue weighted by molar-refractivity contribution is 9.09. The fraction of sp³-hybridized carbons (Fsp3) is 0.700. The van der Waals surface area contributed by atoms with E-state index in [1.54, 1.807) is 0 Å². The van der Waals surface area contributed by atoms with Gasteiger partial charge in [-0.05, 0) is 30.3 Å². The minimum Gasteiger partial charge on any atom is -0.351 e. The molecule has 1 rings (SSSR count). The van der Waals surface area contributed by atoms with Crippen LogP contribution in [0.25, 0.3) is 0 Å². The number of nitrogens with one attached hydrogen (secondary N) is 1. The summed E-state index contributed by atoms with van der Waals surface area (Å²) in [5.41, 5.74) is 0.794. The molecule has 0 fully saturated rings. The van der Waals surface area contributed by atoms with Crippen LogP contribution in [0.1, 0.15) is 48.0 Å². The summed E-state index contributed by atoms with van der Waals surface area (Å²) in [6.45, 7) is 4.73. The Labute approximate surface area is 108 Å². The molecule has 16 heavy (non-hydrogen) atoms. The van der Waals surface area contributed by atoms with Crippen molar-refractivity contribution in [1.82, 2.24) is 14.9 Å². The molecule has 1 heterocycles. The molecule has 0 spiro atoms. The highest BCUT2D eigenvalue weighted by atomic mass is 79.9. The van der Waals surface area contributed by atoms with E-state index in [9.17, 15) is 4.79 Å². The molecule has 0 bridgehead atoms. The van der Waals surface area contributed by atoms with Gasteiger partial charge >= 0.3 is 0 Å². The van der Waals surface area contributed by atoms with Gasteiger partial charge in [-0.3, -0.25) is 4.79 Å². The Kier molecular flexibility index (Phi) is 5.90. The highest BCUT2D eigenvalue weighted by Gasteiger charge is 2.17. The van der Waals surface area contributed by atoms with Gasteiger partial charge in [-0.1, -0.05) is 34.3 Å². The number of carbonyl (C=O) groups is 1. The van der Waals surface area contributed by atoms with Gasteiger partial charge in [0.25, 0.3) is 5.91 Å². The van der Waals surface area contributed by atoms with E-state index in [-0.39, 0.29) is 11.8 Å². The molecule has 1 N–H and O–H groups in total. The Bertz CT molecular complexity index is 341. The molecule has 6 heteroatoms. The van der Waals surface area contributed by atoms with Gasteiger partial charge < -0.3 is 5.32 Å². The molecular weight excluding hydrogens is 290 g/mol. The summed E-state index contributed by atoms with van der Waals surface area (Å²) < 4.78 is 3.83. The molecule has 0 aliphatic heterocycles. The first-order valence-corrected chi connectivity index (χ1v) is 7.22. The second kappa shape index (κ2) is 6.96. The largest absolute Gasteiger partial charge is 0.351 e. The molecule has 0 radical (unpaired) electrons. The number of hydrogen-bond donors (Lipinski definition) is 1. The summed E-state index contributed by atoms with van der Waals surface area (Å²) in [6.07, 6.45) is 2.05. The maximum absolute atomic E-state index is 11.8. The molecule has 0 aromatic carbocycles. The van der Waals surface area contributed by atoms with Crippen LogP contribution in [-0.4, -0.2) is 27.4 Å². The lowest BCUT2D eigenvalue weighted by Crippen LogP contribution is -2.24. The van der Waals surface area contributed by atoms with Crippen LogP contribution in [0.2, 0.25) is 0 Å². The maximum Gasteiger partial charge on any atom is 0.264 e. The molecule has 4 nitrogen and oxygen atoms in total. The number of carbonyl (C=O) groups excluding carboxylic acids is 1. The number of amides is 1. The lowest BCUT2D eigenvalue weighted by Gasteiger charge is -2.05. The lowest BCUT2D eigenvalue weighted by atomic mass is 10.1. The number of nitrogens with zero attached hydrogens (tertiary/aromatic N) is 2. The Balaban J connectivity index is 2.49. The first-order chi connectivity index (χ1) is 7.66. The minimum atomic E-state index is -0.0479. The standard InChI is InChI=1S/C10H16BrN3OS/c1-7(2)8-9(16-14-13-8)10(15)12-6-4-3-5-11/h7H,3-6H2,1-2H3,(H,12,15). The average molecular weight is 306 g/mol. The third-order valence-corrected chi connectivity index (χ3v) is 3.41. The van der Waals surface area contributed by atoms with Gasteiger partial charge in [-0.2, -0.15) is 0 Å². The van der Waals surface area contributed by atoms with E-state index in [0.717, 1.165) is 23.9 Å². The van der Waals surface area contributed by atoms with E-state index in [4.69, 9.17) is 0 Å². The zero-order valence-corrected chi connectivity index (χ0v) is 11.9. The Morgan fingerprint density at radius 3 is 2.88 bits per heavy atom. The van der Waals surface area contributed by atoms with Gasteiger partial charge in [0.05, 0.1) is 5.69 Å². The van der Waals surface area contributed by atoms with Crippen LogP contribution in [0.5, 0.6) is 0 Å². The van der Waals surface area contributed by atoms with Crippen LogP contribution in [0.15, 0.2) is 0 Å². The van der Waals surface area contributed by atoms with Crippen LogP contribution in [-0.2, 0) is 0 Å². The maximum atomic E-state index is 11.8. The van der Waals surface area contributed by atoms with Crippen molar-refractivity contribution in [3.8, 4) is 0 Å². The predicted octanol–water partition coefficient (Wildman–Crippen LogP) is 2.57. The number of halogens is 1. The molecule has 1 aromatic heterocycles. The lowest BCUT2D eigenvalue weighted by molar-refractivity contribution is 0.0956. The van der Waals surface area contributed by atoms with E-state index in [1.807, 2.05) is 13.8 Å². The van der Waals surface area contributed by atoms with Crippen LogP contribution in [0.4, 0.5) is 0 Å². The van der Waals surface area contributed by atoms with Crippen molar-refractivity contribution in [1.29, 1.82) is 0 Å². The van der Waals surface area contributed by atoms with Crippen molar-refractivity contribution < 1.29 is 4.79 Å². The SMILES string of the molecule is CC(C)c1nnsc1C(=O)NCCCCBr. The molecule has 0 aliphatic carbocycles. The minimum absolute atomic E-state index is 0.0479. The van der Waals surface area contributed by atoms with Gasteiger partial charge in [-0.25, -0.2) is 0 Å². The zero-order chi connectivity index (χ0) is 12.0. The molecule has 0 unspecified atom stereocenters. The van der Waals surface area contributed by atoms with Crippen molar-refractivity contribution in [3.05, 3.63) is 10.6 Å². The fourth-order valence-electron chi connectivity index (χ4n) is 1.23. The molecule has 0 atom stereocenters. The Morgan fingerprint density at radius 2 is 2.25 bits per heavy atom. The third-order valence-electron chi connectivity index (χ3n) is 2.11. The second-order valence-corrected chi connectivity index (χ2v) is 5.34. The normalized spacial score (nSPS) is 10.8. The number of unbranched alkanes of at least 4 members (excludes halogenated alkanes) is 1.